The van der Waals surface area contributed by atoms with Crippen LogP contribution in [0.3, 0.4) is 0 Å². The third-order valence-electron chi connectivity index (χ3n) is 2.91. The Labute approximate surface area is 130 Å². The van der Waals surface area contributed by atoms with E-state index in [9.17, 15) is 4.79 Å². The van der Waals surface area contributed by atoms with E-state index in [0.717, 1.165) is 5.56 Å². The average molecular weight is 312 g/mol. The van der Waals surface area contributed by atoms with E-state index in [-0.39, 0.29) is 5.91 Å². The fraction of sp³-hybridized carbons (Fsp3) is 0.0667. The first kappa shape index (κ1) is 14.2. The van der Waals surface area contributed by atoms with Gasteiger partial charge in [-0.05, 0) is 36.4 Å². The van der Waals surface area contributed by atoms with Crippen molar-refractivity contribution >= 4 is 22.4 Å². The van der Waals surface area contributed by atoms with Gasteiger partial charge in [0.15, 0.2) is 5.01 Å². The number of carbonyl (C=O) groups is 1. The first-order valence-electron chi connectivity index (χ1n) is 6.45. The SMILES string of the molecule is COc1ccc(C(=O)Nc2nnc(-c3cccnc3)s2)cc1. The van der Waals surface area contributed by atoms with Crippen LogP contribution in [0.4, 0.5) is 5.13 Å². The van der Waals surface area contributed by atoms with E-state index in [1.165, 1.54) is 11.3 Å². The molecule has 110 valence electrons. The molecule has 22 heavy (non-hydrogen) atoms. The third-order valence-corrected chi connectivity index (χ3v) is 3.79. The lowest BCUT2D eigenvalue weighted by molar-refractivity contribution is 0.102. The zero-order valence-corrected chi connectivity index (χ0v) is 12.5. The van der Waals surface area contributed by atoms with E-state index in [4.69, 9.17) is 4.74 Å². The minimum absolute atomic E-state index is 0.239. The maximum Gasteiger partial charge on any atom is 0.257 e. The van der Waals surface area contributed by atoms with Crippen LogP contribution in [-0.4, -0.2) is 28.2 Å². The number of amides is 1. The van der Waals surface area contributed by atoms with Gasteiger partial charge in [0.2, 0.25) is 5.13 Å². The lowest BCUT2D eigenvalue weighted by atomic mass is 10.2. The highest BCUT2D eigenvalue weighted by molar-refractivity contribution is 7.18. The molecule has 0 atom stereocenters. The van der Waals surface area contributed by atoms with Gasteiger partial charge in [0.05, 0.1) is 7.11 Å². The topological polar surface area (TPSA) is 77.0 Å². The Bertz CT molecular complexity index is 772. The van der Waals surface area contributed by atoms with Gasteiger partial charge in [0, 0.05) is 23.5 Å². The number of aromatic nitrogens is 3. The number of anilines is 1. The van der Waals surface area contributed by atoms with Crippen LogP contribution in [0.15, 0.2) is 48.8 Å². The van der Waals surface area contributed by atoms with E-state index in [0.29, 0.717) is 21.5 Å². The molecule has 0 saturated heterocycles. The van der Waals surface area contributed by atoms with Gasteiger partial charge < -0.3 is 4.74 Å². The quantitative estimate of drug-likeness (QED) is 0.801. The summed E-state index contributed by atoms with van der Waals surface area (Å²) >= 11 is 1.30. The van der Waals surface area contributed by atoms with Crippen molar-refractivity contribution in [2.45, 2.75) is 0 Å². The van der Waals surface area contributed by atoms with Gasteiger partial charge in [-0.25, -0.2) is 0 Å². The fourth-order valence-corrected chi connectivity index (χ4v) is 2.52. The Morgan fingerprint density at radius 1 is 1.18 bits per heavy atom. The Morgan fingerprint density at radius 3 is 2.68 bits per heavy atom. The van der Waals surface area contributed by atoms with E-state index in [1.807, 2.05) is 12.1 Å². The number of carbonyl (C=O) groups excluding carboxylic acids is 1. The molecule has 0 aliphatic rings. The molecule has 0 radical (unpaired) electrons. The number of hydrogen-bond donors (Lipinski definition) is 1. The van der Waals surface area contributed by atoms with Gasteiger partial charge in [-0.15, -0.1) is 10.2 Å². The number of benzene rings is 1. The van der Waals surface area contributed by atoms with E-state index >= 15 is 0 Å². The largest absolute Gasteiger partial charge is 0.497 e. The molecule has 0 fully saturated rings. The van der Waals surface area contributed by atoms with Crippen molar-refractivity contribution in [3.05, 3.63) is 54.4 Å². The monoisotopic (exact) mass is 312 g/mol. The van der Waals surface area contributed by atoms with Crippen LogP contribution >= 0.6 is 11.3 Å². The molecule has 7 heteroatoms. The molecule has 3 rings (SSSR count). The van der Waals surface area contributed by atoms with Crippen LogP contribution in [0.1, 0.15) is 10.4 Å². The number of nitrogens with one attached hydrogen (secondary N) is 1. The smallest absolute Gasteiger partial charge is 0.257 e. The number of methoxy groups -OCH3 is 1. The fourth-order valence-electron chi connectivity index (χ4n) is 1.79. The maximum atomic E-state index is 12.1. The molecule has 1 N–H and O–H groups in total. The van der Waals surface area contributed by atoms with Crippen molar-refractivity contribution in [2.24, 2.45) is 0 Å². The van der Waals surface area contributed by atoms with Crippen LogP contribution in [0.5, 0.6) is 5.75 Å². The molecule has 0 aliphatic carbocycles. The summed E-state index contributed by atoms with van der Waals surface area (Å²) in [6, 6.07) is 10.6. The van der Waals surface area contributed by atoms with Crippen molar-refractivity contribution in [1.29, 1.82) is 0 Å². The van der Waals surface area contributed by atoms with Gasteiger partial charge in [-0.3, -0.25) is 15.1 Å². The highest BCUT2D eigenvalue weighted by Crippen LogP contribution is 2.25. The van der Waals surface area contributed by atoms with E-state index in [1.54, 1.807) is 43.8 Å². The summed E-state index contributed by atoms with van der Waals surface area (Å²) in [5.41, 5.74) is 1.39. The van der Waals surface area contributed by atoms with Crippen molar-refractivity contribution < 1.29 is 9.53 Å². The third kappa shape index (κ3) is 3.09. The molecule has 0 spiro atoms. The van der Waals surface area contributed by atoms with Gasteiger partial charge in [-0.1, -0.05) is 11.3 Å². The molecule has 2 heterocycles. The summed E-state index contributed by atoms with van der Waals surface area (Å²) in [7, 11) is 1.58. The zero-order valence-electron chi connectivity index (χ0n) is 11.7. The molecule has 6 nitrogen and oxygen atoms in total. The van der Waals surface area contributed by atoms with Crippen molar-refractivity contribution in [1.82, 2.24) is 15.2 Å². The summed E-state index contributed by atoms with van der Waals surface area (Å²) in [6.07, 6.45) is 3.40. The van der Waals surface area contributed by atoms with Gasteiger partial charge >= 0.3 is 0 Å². The van der Waals surface area contributed by atoms with Crippen molar-refractivity contribution in [3.8, 4) is 16.3 Å². The lowest BCUT2D eigenvalue weighted by Crippen LogP contribution is -2.11. The zero-order chi connectivity index (χ0) is 15.4. The highest BCUT2D eigenvalue weighted by atomic mass is 32.1. The number of ether oxygens (including phenoxy) is 1. The van der Waals surface area contributed by atoms with Crippen LogP contribution in [0.25, 0.3) is 10.6 Å². The normalized spacial score (nSPS) is 10.2. The van der Waals surface area contributed by atoms with Crippen LogP contribution < -0.4 is 10.1 Å². The van der Waals surface area contributed by atoms with Crippen molar-refractivity contribution in [3.63, 3.8) is 0 Å². The molecule has 0 bridgehead atoms. The van der Waals surface area contributed by atoms with Gasteiger partial charge in [0.1, 0.15) is 5.75 Å². The molecular weight excluding hydrogens is 300 g/mol. The second-order valence-electron chi connectivity index (χ2n) is 4.34. The molecule has 0 unspecified atom stereocenters. The Balaban J connectivity index is 1.73. The summed E-state index contributed by atoms with van der Waals surface area (Å²) < 4.78 is 5.06. The highest BCUT2D eigenvalue weighted by Gasteiger charge is 2.11. The van der Waals surface area contributed by atoms with Gasteiger partial charge in [0.25, 0.3) is 5.91 Å². The summed E-state index contributed by atoms with van der Waals surface area (Å²) in [4.78, 5) is 16.2. The standard InChI is InChI=1S/C15H12N4O2S/c1-21-12-6-4-10(5-7-12)13(20)17-15-19-18-14(22-15)11-3-2-8-16-9-11/h2-9H,1H3,(H,17,19,20). The lowest BCUT2D eigenvalue weighted by Gasteiger charge is -2.02. The number of pyridine rings is 1. The number of nitrogens with zero attached hydrogens (tertiary/aromatic N) is 3. The Morgan fingerprint density at radius 2 is 2.00 bits per heavy atom. The molecule has 0 saturated carbocycles. The molecule has 1 aromatic carbocycles. The van der Waals surface area contributed by atoms with E-state index in [2.05, 4.69) is 20.5 Å². The summed E-state index contributed by atoms with van der Waals surface area (Å²) in [6.45, 7) is 0. The Hall–Kier alpha value is -2.80. The maximum absolute atomic E-state index is 12.1. The molecule has 3 aromatic rings. The first-order valence-corrected chi connectivity index (χ1v) is 7.27. The minimum Gasteiger partial charge on any atom is -0.497 e. The second-order valence-corrected chi connectivity index (χ2v) is 5.31. The van der Waals surface area contributed by atoms with E-state index < -0.39 is 0 Å². The first-order chi connectivity index (χ1) is 10.8. The van der Waals surface area contributed by atoms with Crippen LogP contribution in [0, 0.1) is 0 Å². The van der Waals surface area contributed by atoms with Crippen LogP contribution in [0.2, 0.25) is 0 Å². The number of rotatable bonds is 4. The molecule has 2 aromatic heterocycles. The number of hydrogen-bond acceptors (Lipinski definition) is 6. The second kappa shape index (κ2) is 6.31. The Kier molecular flexibility index (Phi) is 4.06. The molecular formula is C15H12N4O2S. The minimum atomic E-state index is -0.239. The van der Waals surface area contributed by atoms with Crippen LogP contribution in [-0.2, 0) is 0 Å². The molecule has 1 amide bonds. The predicted molar refractivity (Wildman–Crippen MR) is 84.1 cm³/mol. The summed E-state index contributed by atoms with van der Waals surface area (Å²) in [5.74, 6) is 0.461. The molecule has 0 aliphatic heterocycles. The average Bonchev–Trinajstić information content (AvgIpc) is 3.04. The van der Waals surface area contributed by atoms with Crippen molar-refractivity contribution in [2.75, 3.05) is 12.4 Å². The predicted octanol–water partition coefficient (Wildman–Crippen LogP) is 2.86. The van der Waals surface area contributed by atoms with Gasteiger partial charge in [-0.2, -0.15) is 0 Å². The summed E-state index contributed by atoms with van der Waals surface area (Å²) in [5, 5.41) is 11.9.